The van der Waals surface area contributed by atoms with E-state index in [1.54, 1.807) is 101 Å². The second-order valence-corrected chi connectivity index (χ2v) is 21.2. The number of carboxylic acids is 1. The number of aromatic carboxylic acids is 1. The Kier molecular flexibility index (Phi) is 21.6. The number of thiophene rings is 2. The molecule has 0 aliphatic carbocycles. The molecule has 0 amide bonds. The molecule has 78 heavy (non-hydrogen) atoms. The first kappa shape index (κ1) is 62.0. The van der Waals surface area contributed by atoms with E-state index in [9.17, 15) is 33.9 Å². The van der Waals surface area contributed by atoms with Gasteiger partial charge in [-0.05, 0) is 132 Å². The summed E-state index contributed by atoms with van der Waals surface area (Å²) in [5.41, 5.74) is 1.90. The zero-order chi connectivity index (χ0) is 54.9. The Labute approximate surface area is 479 Å². The second-order valence-electron chi connectivity index (χ2n) is 19.4. The fourth-order valence-corrected chi connectivity index (χ4v) is 9.65. The van der Waals surface area contributed by atoms with Crippen molar-refractivity contribution in [3.8, 4) is 23.3 Å². The first-order chi connectivity index (χ1) is 36.2. The van der Waals surface area contributed by atoms with E-state index >= 15 is 0 Å². The molecule has 8 aromatic rings. The van der Waals surface area contributed by atoms with E-state index in [0.717, 1.165) is 41.2 Å². The van der Waals surface area contributed by atoms with E-state index in [-0.39, 0.29) is 101 Å². The molecule has 8 rings (SSSR count). The van der Waals surface area contributed by atoms with Crippen molar-refractivity contribution < 1.29 is 92.5 Å². The molecular weight excluding hydrogens is 1060 g/mol. The number of aromatic nitrogens is 4. The van der Waals surface area contributed by atoms with Gasteiger partial charge in [-0.25, -0.2) is 29.1 Å². The summed E-state index contributed by atoms with van der Waals surface area (Å²) in [5, 5.41) is 15.0. The van der Waals surface area contributed by atoms with Gasteiger partial charge in [-0.1, -0.05) is 38.8 Å². The van der Waals surface area contributed by atoms with Crippen molar-refractivity contribution in [3.63, 3.8) is 0 Å². The summed E-state index contributed by atoms with van der Waals surface area (Å²) in [6, 6.07) is 21.3. The fourth-order valence-electron chi connectivity index (χ4n) is 7.79. The average Bonchev–Trinajstić information content (AvgIpc) is 4.13. The van der Waals surface area contributed by atoms with Gasteiger partial charge in [0.25, 0.3) is 11.1 Å². The maximum Gasteiger partial charge on any atom is 1.00 e. The van der Waals surface area contributed by atoms with E-state index in [1.165, 1.54) is 27.2 Å². The minimum absolute atomic E-state index is 0. The second kappa shape index (κ2) is 27.1. The zero-order valence-corrected chi connectivity index (χ0v) is 48.9. The Hall–Kier alpha value is -6.88. The predicted molar refractivity (Wildman–Crippen MR) is 293 cm³/mol. The third kappa shape index (κ3) is 15.4. The maximum atomic E-state index is 13.7. The molecule has 0 saturated carbocycles. The molecule has 0 bridgehead atoms. The van der Waals surface area contributed by atoms with Gasteiger partial charge in [-0.3, -0.25) is 18.7 Å². The topological polar surface area (TPSA) is 253 Å². The number of nitrogens with zero attached hydrogens (tertiary/aromatic N) is 4. The number of hydrogen-bond donors (Lipinski definition) is 1. The Bertz CT molecular complexity index is 3570. The average molecular weight is 1120 g/mol. The third-order valence-electron chi connectivity index (χ3n) is 11.1. The van der Waals surface area contributed by atoms with Gasteiger partial charge in [0.05, 0.1) is 64.4 Å². The van der Waals surface area contributed by atoms with Gasteiger partial charge in [0.1, 0.15) is 22.3 Å². The number of esters is 1. The van der Waals surface area contributed by atoms with Crippen LogP contribution in [0, 0.1) is 0 Å². The standard InChI is InChI=1S/C29H32N2O7S.C27H28N2O7S.Na.H2O/c1-6-8-14-36-24-23(27(33)35-7-2)25-21(13-15-39-25)31(26(24)32)17-18-9-11-20-19(16-18)10-12-22(30-20)37-28(34)38-29(3,4)5;1-5-6-12-34-22-21(25(31)32)23-19(11-13-37-23)29(24(22)30)15-16-7-9-18-17(14-16)8-10-20(28-18)35-26(33)36-27(2,3)4;;/h9-13,15-16H,6-8,14,17H2,1-5H3;7-11,13-14H,5-6,12,15H2,1-4H3,(H,31,32);;1H2/q;;+1;/p-1. The van der Waals surface area contributed by atoms with Crippen LogP contribution in [-0.4, -0.2) is 85.0 Å². The molecule has 0 aliphatic heterocycles. The molecule has 0 atom stereocenters. The number of rotatable bonds is 17. The van der Waals surface area contributed by atoms with Gasteiger partial charge in [-0.2, -0.15) is 0 Å². The Morgan fingerprint density at radius 1 is 0.603 bits per heavy atom. The molecule has 0 radical (unpaired) electrons. The molecule has 2 N–H and O–H groups in total. The van der Waals surface area contributed by atoms with Crippen LogP contribution in [0.2, 0.25) is 0 Å². The minimum Gasteiger partial charge on any atom is -0.870 e. The van der Waals surface area contributed by atoms with E-state index in [0.29, 0.717) is 44.5 Å². The Morgan fingerprint density at radius 3 is 1.42 bits per heavy atom. The number of fused-ring (bicyclic) bond motifs is 4. The van der Waals surface area contributed by atoms with Gasteiger partial charge in [-0.15, -0.1) is 22.7 Å². The summed E-state index contributed by atoms with van der Waals surface area (Å²) in [7, 11) is 0. The van der Waals surface area contributed by atoms with E-state index in [1.807, 2.05) is 49.6 Å². The number of carbonyl (C=O) groups is 4. The number of ether oxygens (including phenoxy) is 7. The van der Waals surface area contributed by atoms with Crippen molar-refractivity contribution in [1.29, 1.82) is 0 Å². The summed E-state index contributed by atoms with van der Waals surface area (Å²) >= 11 is 2.62. The Balaban J connectivity index is 0.000000281. The van der Waals surface area contributed by atoms with Crippen molar-refractivity contribution in [3.05, 3.63) is 127 Å². The monoisotopic (exact) mass is 1120 g/mol. The molecule has 2 aromatic carbocycles. The van der Waals surface area contributed by atoms with E-state index in [4.69, 9.17) is 33.2 Å². The van der Waals surface area contributed by atoms with Crippen LogP contribution in [0.1, 0.15) is 120 Å². The number of carboxylic acid groups (broad SMARTS) is 1. The number of unbranched alkanes of at least 4 members (excludes halogenated alkanes) is 2. The van der Waals surface area contributed by atoms with Gasteiger partial charge >= 0.3 is 53.8 Å². The molecule has 0 aliphatic rings. The zero-order valence-electron chi connectivity index (χ0n) is 45.3. The van der Waals surface area contributed by atoms with Gasteiger partial charge in [0, 0.05) is 22.9 Å². The molecule has 408 valence electrons. The molecule has 0 unspecified atom stereocenters. The molecule has 0 fully saturated rings. The van der Waals surface area contributed by atoms with Crippen molar-refractivity contribution in [2.75, 3.05) is 19.8 Å². The number of pyridine rings is 4. The summed E-state index contributed by atoms with van der Waals surface area (Å²) in [6.45, 7) is 17.5. The fraction of sp³-hybridized carbons (Fsp3) is 0.357. The molecule has 19 nitrogen and oxygen atoms in total. The molecule has 6 heterocycles. The van der Waals surface area contributed by atoms with Crippen LogP contribution in [0.3, 0.4) is 0 Å². The van der Waals surface area contributed by atoms with Gasteiger partial charge in [0.15, 0.2) is 0 Å². The third-order valence-corrected chi connectivity index (χ3v) is 13.0. The molecule has 6 aromatic heterocycles. The number of carbonyl (C=O) groups excluding carboxylic acids is 3. The maximum absolute atomic E-state index is 13.7. The minimum atomic E-state index is -1.19. The summed E-state index contributed by atoms with van der Waals surface area (Å²) in [6.07, 6.45) is 1.54. The molecule has 0 spiro atoms. The SMILES string of the molecule is CCCCOc1c(C(=O)O)c2sccc2n(Cc2ccc3nc(OC(=O)OC(C)(C)C)ccc3c2)c1=O.CCCCOc1c(C(=O)OCC)c2sccc2n(Cc2ccc3nc(OC(=O)OC(C)(C)C)ccc3c2)c1=O.[Na+].[OH-]. The number of benzene rings is 2. The molecule has 0 saturated heterocycles. The normalized spacial score (nSPS) is 11.2. The first-order valence-corrected chi connectivity index (χ1v) is 26.5. The van der Waals surface area contributed by atoms with Crippen LogP contribution in [0.15, 0.2) is 93.1 Å². The van der Waals surface area contributed by atoms with E-state index in [2.05, 4.69) is 9.97 Å². The van der Waals surface area contributed by atoms with Crippen molar-refractivity contribution in [2.24, 2.45) is 0 Å². The van der Waals surface area contributed by atoms with E-state index < -0.39 is 41.0 Å². The van der Waals surface area contributed by atoms with Crippen molar-refractivity contribution >= 4 is 89.2 Å². The summed E-state index contributed by atoms with van der Waals surface area (Å²) in [5.74, 6) is -1.63. The van der Waals surface area contributed by atoms with Crippen LogP contribution in [0.25, 0.3) is 42.2 Å². The quantitative estimate of drug-likeness (QED) is 0.0386. The van der Waals surface area contributed by atoms with Crippen molar-refractivity contribution in [2.45, 2.75) is 112 Å². The number of hydrogen-bond acceptors (Lipinski definition) is 18. The summed E-state index contributed by atoms with van der Waals surface area (Å²) in [4.78, 5) is 84.7. The Morgan fingerprint density at radius 2 is 1.03 bits per heavy atom. The van der Waals surface area contributed by atoms with Crippen LogP contribution in [-0.2, 0) is 27.3 Å². The predicted octanol–water partition coefficient (Wildman–Crippen LogP) is 9.01. The van der Waals surface area contributed by atoms with Crippen LogP contribution >= 0.6 is 22.7 Å². The summed E-state index contributed by atoms with van der Waals surface area (Å²) < 4.78 is 41.9. The molecule has 22 heteroatoms. The molecular formula is C56H61N4NaO15S2. The largest absolute Gasteiger partial charge is 1.00 e. The van der Waals surface area contributed by atoms with Crippen molar-refractivity contribution in [1.82, 2.24) is 19.1 Å². The smallest absolute Gasteiger partial charge is 0.870 e. The first-order valence-electron chi connectivity index (χ1n) is 24.7. The van der Waals surface area contributed by atoms with Crippen LogP contribution in [0.4, 0.5) is 9.59 Å². The van der Waals surface area contributed by atoms with Gasteiger partial charge in [0.2, 0.25) is 23.3 Å². The van der Waals surface area contributed by atoms with Crippen LogP contribution < -0.4 is 59.6 Å². The van der Waals surface area contributed by atoms with Crippen LogP contribution in [0.5, 0.6) is 23.3 Å². The van der Waals surface area contributed by atoms with Gasteiger partial charge < -0.3 is 43.7 Å².